The third kappa shape index (κ3) is 17.8. The molecule has 0 aliphatic heterocycles. The Morgan fingerprint density at radius 2 is 1.50 bits per heavy atom. The first kappa shape index (κ1) is 42.1. The van der Waals surface area contributed by atoms with Crippen LogP contribution in [-0.2, 0) is 45.1 Å². The van der Waals surface area contributed by atoms with Gasteiger partial charge in [0.1, 0.15) is 30.3 Å². The maximum absolute atomic E-state index is 13.5. The summed E-state index contributed by atoms with van der Waals surface area (Å²) in [5.41, 5.74) is -0.00905. The molecule has 0 heterocycles. The molecule has 1 aromatic carbocycles. The van der Waals surface area contributed by atoms with E-state index in [1.165, 1.54) is 13.0 Å². The summed E-state index contributed by atoms with van der Waals surface area (Å²) >= 11 is 0. The molecule has 4 amide bonds. The van der Waals surface area contributed by atoms with Crippen molar-refractivity contribution in [2.75, 3.05) is 6.26 Å². The Bertz CT molecular complexity index is 1360. The van der Waals surface area contributed by atoms with E-state index in [9.17, 15) is 32.4 Å². The molecule has 13 nitrogen and oxygen atoms in total. The molecule has 48 heavy (non-hydrogen) atoms. The second-order valence-corrected chi connectivity index (χ2v) is 15.3. The van der Waals surface area contributed by atoms with Gasteiger partial charge < -0.3 is 30.7 Å². The highest BCUT2D eigenvalue weighted by atomic mass is 32.2. The van der Waals surface area contributed by atoms with E-state index in [-0.39, 0.29) is 31.3 Å². The molecule has 0 aliphatic rings. The van der Waals surface area contributed by atoms with Crippen molar-refractivity contribution in [3.8, 4) is 0 Å². The minimum absolute atomic E-state index is 0.00946. The number of carbonyl (C=O) groups excluding carboxylic acids is 5. The number of nitrogens with one attached hydrogen (secondary N) is 4. The zero-order chi connectivity index (χ0) is 36.7. The SMILES string of the molecule is CC[C@H](C)[C@H](NC(=O)OCc1ccccc1)C(=O)N[C@@H](CCC(=O)OC(C)(C)C)C(=O)N[C@@H](C)C(=O)N[C@H](/C=C/S(C)(=O)=O)CC(C)C. The van der Waals surface area contributed by atoms with Crippen LogP contribution in [0, 0.1) is 11.8 Å². The lowest BCUT2D eigenvalue weighted by atomic mass is 9.97. The Labute approximate surface area is 285 Å². The van der Waals surface area contributed by atoms with Crippen LogP contribution >= 0.6 is 0 Å². The van der Waals surface area contributed by atoms with Crippen LogP contribution in [0.15, 0.2) is 41.8 Å². The molecule has 0 saturated heterocycles. The van der Waals surface area contributed by atoms with E-state index in [0.717, 1.165) is 17.2 Å². The van der Waals surface area contributed by atoms with Crippen LogP contribution in [0.5, 0.6) is 0 Å². The summed E-state index contributed by atoms with van der Waals surface area (Å²) in [6, 6.07) is 4.97. The third-order valence-corrected chi connectivity index (χ3v) is 7.69. The van der Waals surface area contributed by atoms with E-state index in [4.69, 9.17) is 9.47 Å². The summed E-state index contributed by atoms with van der Waals surface area (Å²) < 4.78 is 33.9. The maximum Gasteiger partial charge on any atom is 0.408 e. The minimum atomic E-state index is -3.43. The van der Waals surface area contributed by atoms with Gasteiger partial charge in [0, 0.05) is 24.1 Å². The van der Waals surface area contributed by atoms with Crippen molar-refractivity contribution in [2.24, 2.45) is 11.8 Å². The van der Waals surface area contributed by atoms with Gasteiger partial charge in [0.05, 0.1) is 0 Å². The van der Waals surface area contributed by atoms with Crippen LogP contribution in [0.3, 0.4) is 0 Å². The summed E-state index contributed by atoms with van der Waals surface area (Å²) in [6.45, 7) is 14.0. The largest absolute Gasteiger partial charge is 0.460 e. The predicted octanol–water partition coefficient (Wildman–Crippen LogP) is 3.53. The molecule has 0 fully saturated rings. The number of ether oxygens (including phenoxy) is 2. The molecule has 270 valence electrons. The number of sulfone groups is 1. The Morgan fingerprint density at radius 3 is 2.04 bits per heavy atom. The van der Waals surface area contributed by atoms with Crippen molar-refractivity contribution in [1.82, 2.24) is 21.3 Å². The van der Waals surface area contributed by atoms with Gasteiger partial charge in [0.25, 0.3) is 0 Å². The number of hydrogen-bond acceptors (Lipinski definition) is 9. The first-order valence-electron chi connectivity index (χ1n) is 16.2. The maximum atomic E-state index is 13.5. The van der Waals surface area contributed by atoms with Gasteiger partial charge in [0.2, 0.25) is 17.7 Å². The molecular formula is C34H54N4O9S. The molecule has 1 rings (SSSR count). The van der Waals surface area contributed by atoms with Gasteiger partial charge >= 0.3 is 12.1 Å². The number of esters is 1. The van der Waals surface area contributed by atoms with E-state index in [1.54, 1.807) is 52.0 Å². The summed E-state index contributed by atoms with van der Waals surface area (Å²) in [6.07, 6.45) is 2.20. The Morgan fingerprint density at radius 1 is 0.875 bits per heavy atom. The lowest BCUT2D eigenvalue weighted by molar-refractivity contribution is -0.155. The van der Waals surface area contributed by atoms with E-state index >= 15 is 0 Å². The normalized spacial score (nSPS) is 15.0. The fraction of sp³-hybridized carbons (Fsp3) is 0.618. The third-order valence-electron chi connectivity index (χ3n) is 7.03. The van der Waals surface area contributed by atoms with Crippen LogP contribution in [-0.4, -0.2) is 74.2 Å². The Hall–Kier alpha value is -3.94. The fourth-order valence-electron chi connectivity index (χ4n) is 4.40. The number of rotatable bonds is 18. The van der Waals surface area contributed by atoms with Crippen LogP contribution in [0.1, 0.15) is 86.6 Å². The number of hydrogen-bond donors (Lipinski definition) is 4. The van der Waals surface area contributed by atoms with Gasteiger partial charge in [-0.2, -0.15) is 0 Å². The average Bonchev–Trinajstić information content (AvgIpc) is 2.97. The van der Waals surface area contributed by atoms with Crippen molar-refractivity contribution in [2.45, 2.75) is 117 Å². The van der Waals surface area contributed by atoms with Gasteiger partial charge in [0.15, 0.2) is 9.84 Å². The number of carbonyl (C=O) groups is 5. The number of amides is 4. The first-order chi connectivity index (χ1) is 22.2. The van der Waals surface area contributed by atoms with Gasteiger partial charge in [-0.15, -0.1) is 0 Å². The monoisotopic (exact) mass is 694 g/mol. The van der Waals surface area contributed by atoms with Crippen LogP contribution in [0.4, 0.5) is 4.79 Å². The lowest BCUT2D eigenvalue weighted by Crippen LogP contribution is -2.57. The highest BCUT2D eigenvalue weighted by Gasteiger charge is 2.32. The molecule has 0 bridgehead atoms. The lowest BCUT2D eigenvalue weighted by Gasteiger charge is -2.27. The molecule has 14 heteroatoms. The summed E-state index contributed by atoms with van der Waals surface area (Å²) in [5.74, 6) is -2.81. The van der Waals surface area contributed by atoms with E-state index < -0.39 is 69.4 Å². The molecular weight excluding hydrogens is 640 g/mol. The smallest absolute Gasteiger partial charge is 0.408 e. The van der Waals surface area contributed by atoms with Crippen molar-refractivity contribution in [1.29, 1.82) is 0 Å². The standard InChI is InChI=1S/C34H54N4O9S/c1-10-23(4)29(38-33(43)46-21-25-14-12-11-13-15-25)32(42)37-27(16-17-28(39)47-34(6,7)8)31(41)35-24(5)30(40)36-26(20-22(2)3)18-19-48(9,44)45/h11-15,18-19,22-24,26-27,29H,10,16-17,20-21H2,1-9H3,(H,35,41)(H,36,40)(H,37,42)(H,38,43)/b19-18+/t23-,24-,26+,27-,29-/m0/s1. The first-order valence-corrected chi connectivity index (χ1v) is 18.1. The second kappa shape index (κ2) is 19.8. The molecule has 0 radical (unpaired) electrons. The molecule has 0 aliphatic carbocycles. The number of alkyl carbamates (subject to hydrolysis) is 1. The van der Waals surface area contributed by atoms with Gasteiger partial charge in [-0.1, -0.05) is 70.5 Å². The van der Waals surface area contributed by atoms with Crippen LogP contribution < -0.4 is 21.3 Å². The summed E-state index contributed by atoms with van der Waals surface area (Å²) in [5, 5.41) is 11.6. The van der Waals surface area contributed by atoms with Crippen molar-refractivity contribution < 1.29 is 41.9 Å². The molecule has 0 spiro atoms. The zero-order valence-electron chi connectivity index (χ0n) is 29.6. The summed E-state index contributed by atoms with van der Waals surface area (Å²) in [7, 11) is -3.43. The molecule has 0 aromatic heterocycles. The summed E-state index contributed by atoms with van der Waals surface area (Å²) in [4.78, 5) is 65.3. The Balaban J connectivity index is 3.12. The van der Waals surface area contributed by atoms with Gasteiger partial charge in [-0.05, 0) is 57.9 Å². The molecule has 0 saturated carbocycles. The van der Waals surface area contributed by atoms with E-state index in [0.29, 0.717) is 12.8 Å². The van der Waals surface area contributed by atoms with Gasteiger partial charge in [-0.25, -0.2) is 13.2 Å². The molecule has 1 aromatic rings. The minimum Gasteiger partial charge on any atom is -0.460 e. The zero-order valence-corrected chi connectivity index (χ0v) is 30.4. The topological polar surface area (TPSA) is 186 Å². The van der Waals surface area contributed by atoms with E-state index in [2.05, 4.69) is 21.3 Å². The van der Waals surface area contributed by atoms with Crippen LogP contribution in [0.25, 0.3) is 0 Å². The fourth-order valence-corrected chi connectivity index (χ4v) is 4.87. The Kier molecular flexibility index (Phi) is 17.3. The van der Waals surface area contributed by atoms with E-state index in [1.807, 2.05) is 26.8 Å². The average molecular weight is 695 g/mol. The number of benzene rings is 1. The second-order valence-electron chi connectivity index (χ2n) is 13.4. The molecule has 5 atom stereocenters. The quantitative estimate of drug-likeness (QED) is 0.167. The van der Waals surface area contributed by atoms with Crippen molar-refractivity contribution in [3.05, 3.63) is 47.4 Å². The predicted molar refractivity (Wildman–Crippen MR) is 183 cm³/mol. The molecule has 0 unspecified atom stereocenters. The van der Waals surface area contributed by atoms with Gasteiger partial charge in [-0.3, -0.25) is 19.2 Å². The van der Waals surface area contributed by atoms with Crippen LogP contribution in [0.2, 0.25) is 0 Å². The van der Waals surface area contributed by atoms with Crippen molar-refractivity contribution in [3.63, 3.8) is 0 Å². The molecule has 4 N–H and O–H groups in total. The van der Waals surface area contributed by atoms with Crippen molar-refractivity contribution >= 4 is 39.6 Å². The highest BCUT2D eigenvalue weighted by molar-refractivity contribution is 7.93. The highest BCUT2D eigenvalue weighted by Crippen LogP contribution is 2.13.